The zero-order valence-corrected chi connectivity index (χ0v) is 27.4. The number of anilines is 3. The number of unbranched alkanes of at least 4 members (excludes halogenated alkanes) is 2. The highest BCUT2D eigenvalue weighted by atomic mass is 32.2. The number of thioether (sulfide) groups is 1. The van der Waals surface area contributed by atoms with Gasteiger partial charge in [0.2, 0.25) is 0 Å². The molecule has 23 heteroatoms. The highest BCUT2D eigenvalue weighted by Gasteiger charge is 2.42. The molecule has 0 aliphatic carbocycles. The van der Waals surface area contributed by atoms with Crippen molar-refractivity contribution in [3.63, 3.8) is 0 Å². The molecular weight excluding hydrogens is 699 g/mol. The number of halogens is 3. The Morgan fingerprint density at radius 1 is 1.02 bits per heavy atom. The summed E-state index contributed by atoms with van der Waals surface area (Å²) in [5.41, 5.74) is 7.42. The maximum atomic E-state index is 14.1. The third kappa shape index (κ3) is 10.7. The zero-order valence-electron chi connectivity index (χ0n) is 26.6. The Morgan fingerprint density at radius 3 is 2.26 bits per heavy atom. The molecule has 3 aromatic heterocycles. The van der Waals surface area contributed by atoms with Gasteiger partial charge in [0, 0.05) is 11.9 Å². The number of aromatic nitrogens is 6. The number of hydrogen-bond acceptors (Lipinski definition) is 16. The largest absolute Gasteiger partial charge is 0.449 e. The predicted molar refractivity (Wildman–Crippen MR) is 170 cm³/mol. The summed E-state index contributed by atoms with van der Waals surface area (Å²) < 4.78 is 56.6. The number of H-pyrrole nitrogens is 1. The molecule has 0 aromatic carbocycles. The van der Waals surface area contributed by atoms with E-state index in [-0.39, 0.29) is 19.0 Å². The van der Waals surface area contributed by atoms with Crippen molar-refractivity contribution in [1.29, 1.82) is 0 Å². The van der Waals surface area contributed by atoms with Crippen LogP contribution in [0.3, 0.4) is 0 Å². The van der Waals surface area contributed by atoms with Gasteiger partial charge in [-0.3, -0.25) is 14.5 Å². The molecule has 0 spiro atoms. The molecule has 50 heavy (non-hydrogen) atoms. The number of carbonyl (C=O) groups excluding carboxylic acids is 1. The number of carbonyl (C=O) groups is 1. The minimum Gasteiger partial charge on any atom is -0.449 e. The number of amides is 1. The second-order valence-corrected chi connectivity index (χ2v) is 11.6. The molecule has 2 saturated heterocycles. The van der Waals surface area contributed by atoms with Gasteiger partial charge in [-0.25, -0.2) is 32.3 Å². The topological polar surface area (TPSA) is 285 Å². The molecule has 0 radical (unpaired) electrons. The first-order valence-corrected chi connectivity index (χ1v) is 15.9. The Morgan fingerprint density at radius 2 is 1.68 bits per heavy atom. The van der Waals surface area contributed by atoms with E-state index in [0.717, 1.165) is 40.6 Å². The van der Waals surface area contributed by atoms with Gasteiger partial charge in [-0.05, 0) is 13.3 Å². The van der Waals surface area contributed by atoms with Crippen molar-refractivity contribution in [1.82, 2.24) is 29.1 Å². The second-order valence-electron chi connectivity index (χ2n) is 10.4. The molecule has 5 heterocycles. The van der Waals surface area contributed by atoms with Gasteiger partial charge in [0.05, 0.1) is 31.7 Å². The number of aliphatic hydroxyl groups excluding tert-OH is 3. The van der Waals surface area contributed by atoms with Crippen LogP contribution in [0.1, 0.15) is 45.6 Å². The zero-order chi connectivity index (χ0) is 37.1. The SMILES string of the molecule is CCCCCOC(=O)Nc1nc(=O)n([C@@H]2O[C@H](C)[C@@H](O)[C@H]2O)cc1F.Nc1nc(=O)[nH]cc1F.Nc1nc(=O)n([C@@H]2CS[C@H](CO)O2)cc1F. The molecular formula is C27H36F3N9O10S. The van der Waals surface area contributed by atoms with Gasteiger partial charge in [-0.15, -0.1) is 11.8 Å². The fourth-order valence-electron chi connectivity index (χ4n) is 4.17. The van der Waals surface area contributed by atoms with E-state index in [4.69, 9.17) is 30.8 Å². The number of hydrogen-bond donors (Lipinski definition) is 7. The number of aromatic amines is 1. The summed E-state index contributed by atoms with van der Waals surface area (Å²) in [6, 6.07) is 0. The summed E-state index contributed by atoms with van der Waals surface area (Å²) in [4.78, 5) is 57.1. The lowest BCUT2D eigenvalue weighted by Gasteiger charge is -2.17. The smallest absolute Gasteiger partial charge is 0.412 e. The molecule has 2 aliphatic heterocycles. The average Bonchev–Trinajstić information content (AvgIpc) is 3.65. The Hall–Kier alpha value is -4.55. The van der Waals surface area contributed by atoms with Crippen molar-refractivity contribution in [3.8, 4) is 0 Å². The van der Waals surface area contributed by atoms with Crippen molar-refractivity contribution in [2.24, 2.45) is 0 Å². The van der Waals surface area contributed by atoms with Crippen molar-refractivity contribution >= 4 is 35.3 Å². The first kappa shape index (κ1) is 39.9. The molecule has 3 aromatic rings. The fraction of sp³-hybridized carbons (Fsp3) is 0.519. The summed E-state index contributed by atoms with van der Waals surface area (Å²) in [5.74, 6) is -3.41. The maximum absolute atomic E-state index is 14.1. The summed E-state index contributed by atoms with van der Waals surface area (Å²) >= 11 is 1.35. The summed E-state index contributed by atoms with van der Waals surface area (Å²) in [7, 11) is 0. The molecule has 2 aliphatic rings. The van der Waals surface area contributed by atoms with Gasteiger partial charge >= 0.3 is 23.2 Å². The van der Waals surface area contributed by atoms with E-state index in [9.17, 15) is 42.6 Å². The third-order valence-corrected chi connectivity index (χ3v) is 7.89. The van der Waals surface area contributed by atoms with Crippen LogP contribution in [0.2, 0.25) is 0 Å². The Balaban J connectivity index is 0.000000229. The molecule has 5 rings (SSSR count). The number of rotatable bonds is 8. The third-order valence-electron chi connectivity index (χ3n) is 6.78. The molecule has 1 amide bonds. The van der Waals surface area contributed by atoms with Gasteiger partial charge in [0.1, 0.15) is 23.9 Å². The monoisotopic (exact) mass is 735 g/mol. The number of nitrogens with zero attached hydrogens (tertiary/aromatic N) is 5. The van der Waals surface area contributed by atoms with Gasteiger partial charge in [-0.1, -0.05) is 19.8 Å². The number of nitrogen functional groups attached to an aromatic ring is 2. The first-order chi connectivity index (χ1) is 23.7. The summed E-state index contributed by atoms with van der Waals surface area (Å²) in [6.07, 6.45) is -1.03. The lowest BCUT2D eigenvalue weighted by Crippen LogP contribution is -2.36. The standard InChI is InChI=1S/C15H22FN3O6.C8H10FN3O3S.C4H4FN3O/c1-3-4-5-6-24-15(23)18-12-9(16)7-19(14(22)17-12)13-11(21)10(20)8(2)25-13;9-4-1-12(8(14)11-7(4)10)5-3-16-6(2-13)15-5;5-2-1-7-4(9)8-3(2)6/h7-8,10-11,13,20-21H,3-6H2,1-2H3,(H,17,18,22,23);1,5-6,13H,2-3H2,(H2,10,11,14);1H,(H3,6,7,8,9)/t8-,10-,11-,13-;5-,6+;/m10./s1. The van der Waals surface area contributed by atoms with Gasteiger partial charge in [0.25, 0.3) is 0 Å². The van der Waals surface area contributed by atoms with Crippen LogP contribution < -0.4 is 33.9 Å². The van der Waals surface area contributed by atoms with Crippen LogP contribution in [-0.4, -0.2) is 93.2 Å². The number of aliphatic hydroxyl groups is 3. The van der Waals surface area contributed by atoms with Gasteiger partial charge < -0.3 is 46.0 Å². The van der Waals surface area contributed by atoms with E-state index in [0.29, 0.717) is 12.2 Å². The molecule has 0 saturated carbocycles. The van der Waals surface area contributed by atoms with Crippen LogP contribution >= 0.6 is 11.8 Å². The van der Waals surface area contributed by atoms with E-state index < -0.39 is 88.5 Å². The molecule has 0 bridgehead atoms. The van der Waals surface area contributed by atoms with Crippen LogP contribution in [0.4, 0.5) is 35.4 Å². The molecule has 0 unspecified atom stereocenters. The molecule has 19 nitrogen and oxygen atoms in total. The minimum absolute atomic E-state index is 0.152. The number of nitrogens with two attached hydrogens (primary N) is 2. The van der Waals surface area contributed by atoms with E-state index in [1.807, 2.05) is 11.9 Å². The van der Waals surface area contributed by atoms with Crippen LogP contribution in [0.5, 0.6) is 0 Å². The summed E-state index contributed by atoms with van der Waals surface area (Å²) in [6.45, 7) is 3.53. The Kier molecular flexibility index (Phi) is 14.7. The van der Waals surface area contributed by atoms with E-state index in [1.54, 1.807) is 0 Å². The number of nitrogens with one attached hydrogen (secondary N) is 2. The lowest BCUT2D eigenvalue weighted by atomic mass is 10.1. The molecule has 6 atom stereocenters. The molecule has 9 N–H and O–H groups in total. The molecule has 276 valence electrons. The van der Waals surface area contributed by atoms with E-state index in [2.05, 4.69) is 20.3 Å². The van der Waals surface area contributed by atoms with E-state index in [1.165, 1.54) is 18.7 Å². The average molecular weight is 736 g/mol. The van der Waals surface area contributed by atoms with E-state index >= 15 is 0 Å². The minimum atomic E-state index is -1.41. The quantitative estimate of drug-likeness (QED) is 0.147. The summed E-state index contributed by atoms with van der Waals surface area (Å²) in [5, 5.41) is 30.5. The maximum Gasteiger partial charge on any atom is 0.412 e. The first-order valence-electron chi connectivity index (χ1n) is 14.8. The predicted octanol–water partition coefficient (Wildman–Crippen LogP) is -0.204. The second kappa shape index (κ2) is 18.4. The lowest BCUT2D eigenvalue weighted by molar-refractivity contribution is -0.0355. The van der Waals surface area contributed by atoms with Crippen molar-refractivity contribution in [2.75, 3.05) is 35.8 Å². The highest BCUT2D eigenvalue weighted by molar-refractivity contribution is 8.00. The molecule has 2 fully saturated rings. The van der Waals surface area contributed by atoms with Crippen molar-refractivity contribution < 1.29 is 47.5 Å². The van der Waals surface area contributed by atoms with Crippen molar-refractivity contribution in [2.45, 2.75) is 69.3 Å². The van der Waals surface area contributed by atoms with Crippen LogP contribution in [0.15, 0.2) is 33.0 Å². The van der Waals surface area contributed by atoms with Crippen LogP contribution in [-0.2, 0) is 14.2 Å². The van der Waals surface area contributed by atoms with Gasteiger partial charge in [0.15, 0.2) is 41.1 Å². The Labute approximate surface area is 284 Å². The van der Waals surface area contributed by atoms with Gasteiger partial charge in [-0.2, -0.15) is 15.0 Å². The van der Waals surface area contributed by atoms with Crippen LogP contribution in [0, 0.1) is 17.5 Å². The highest BCUT2D eigenvalue weighted by Crippen LogP contribution is 2.31. The number of ether oxygens (including phenoxy) is 3. The normalized spacial score (nSPS) is 22.6. The van der Waals surface area contributed by atoms with Crippen molar-refractivity contribution in [3.05, 3.63) is 67.5 Å². The van der Waals surface area contributed by atoms with Crippen LogP contribution in [0.25, 0.3) is 0 Å². The fourth-order valence-corrected chi connectivity index (χ4v) is 5.10. The Bertz CT molecular complexity index is 1780.